The van der Waals surface area contributed by atoms with E-state index in [1.165, 1.54) is 0 Å². The quantitative estimate of drug-likeness (QED) is 0.856. The van der Waals surface area contributed by atoms with E-state index in [1.54, 1.807) is 12.4 Å². The van der Waals surface area contributed by atoms with E-state index in [-0.39, 0.29) is 0 Å². The molecule has 2 rings (SSSR count). The Bertz CT molecular complexity index is 574. The first kappa shape index (κ1) is 12.7. The molecule has 0 saturated carbocycles. The maximum absolute atomic E-state index is 5.80. The molecule has 0 aliphatic rings. The van der Waals surface area contributed by atoms with Crippen molar-refractivity contribution in [1.29, 1.82) is 0 Å². The van der Waals surface area contributed by atoms with Crippen LogP contribution in [0.25, 0.3) is 5.82 Å². The van der Waals surface area contributed by atoms with Crippen molar-refractivity contribution in [2.75, 3.05) is 0 Å². The van der Waals surface area contributed by atoms with E-state index in [2.05, 4.69) is 16.9 Å². The van der Waals surface area contributed by atoms with E-state index in [0.717, 1.165) is 35.6 Å². The number of hydrogen-bond donors (Lipinski definition) is 1. The molecule has 0 radical (unpaired) electrons. The van der Waals surface area contributed by atoms with Crippen LogP contribution in [0.1, 0.15) is 30.3 Å². The summed E-state index contributed by atoms with van der Waals surface area (Å²) in [6, 6.07) is 1.91. The molecule has 2 heterocycles. The number of hydrogen-bond acceptors (Lipinski definition) is 3. The van der Waals surface area contributed by atoms with Gasteiger partial charge in [0.1, 0.15) is 16.6 Å². The van der Waals surface area contributed by atoms with Gasteiger partial charge in [0.15, 0.2) is 0 Å². The Labute approximate surface area is 112 Å². The smallest absolute Gasteiger partial charge is 0.148 e. The molecule has 94 valence electrons. The molecule has 2 aromatic rings. The lowest BCUT2D eigenvalue weighted by molar-refractivity contribution is 0.797. The Morgan fingerprint density at radius 1 is 1.39 bits per heavy atom. The predicted molar refractivity (Wildman–Crippen MR) is 76.0 cm³/mol. The highest BCUT2D eigenvalue weighted by Gasteiger charge is 2.14. The normalized spacial score (nSPS) is 10.6. The van der Waals surface area contributed by atoms with Crippen molar-refractivity contribution >= 4 is 17.2 Å². The lowest BCUT2D eigenvalue weighted by Crippen LogP contribution is -2.17. The Kier molecular flexibility index (Phi) is 3.72. The average molecular weight is 260 g/mol. The first-order chi connectivity index (χ1) is 8.65. The molecule has 18 heavy (non-hydrogen) atoms. The summed E-state index contributed by atoms with van der Waals surface area (Å²) >= 11 is 5.12. The molecule has 0 aromatic carbocycles. The third kappa shape index (κ3) is 2.26. The van der Waals surface area contributed by atoms with E-state index in [9.17, 15) is 0 Å². The second-order valence-corrected chi connectivity index (χ2v) is 4.59. The van der Waals surface area contributed by atoms with Crippen LogP contribution in [0.15, 0.2) is 24.7 Å². The molecule has 5 heteroatoms. The second kappa shape index (κ2) is 5.27. The van der Waals surface area contributed by atoms with Crippen molar-refractivity contribution in [3.63, 3.8) is 0 Å². The lowest BCUT2D eigenvalue weighted by atomic mass is 10.1. The van der Waals surface area contributed by atoms with Crippen LogP contribution in [-0.2, 0) is 6.42 Å². The van der Waals surface area contributed by atoms with Gasteiger partial charge in [-0.05, 0) is 25.0 Å². The number of thiocarbonyl (C=S) groups is 1. The fourth-order valence-corrected chi connectivity index (χ4v) is 2.22. The number of aryl methyl sites for hydroxylation is 2. The SMILES string of the molecule is CCCc1nccn1-c1nccc(C)c1C(N)=S. The van der Waals surface area contributed by atoms with Crippen molar-refractivity contribution < 1.29 is 0 Å². The molecule has 0 bridgehead atoms. The number of nitrogens with two attached hydrogens (primary N) is 1. The average Bonchev–Trinajstić information content (AvgIpc) is 2.76. The van der Waals surface area contributed by atoms with Crippen LogP contribution in [-0.4, -0.2) is 19.5 Å². The highest BCUT2D eigenvalue weighted by Crippen LogP contribution is 2.18. The fraction of sp³-hybridized carbons (Fsp3) is 0.308. The van der Waals surface area contributed by atoms with Gasteiger partial charge >= 0.3 is 0 Å². The summed E-state index contributed by atoms with van der Waals surface area (Å²) in [7, 11) is 0. The van der Waals surface area contributed by atoms with Gasteiger partial charge in [-0.3, -0.25) is 4.57 Å². The molecule has 0 unspecified atom stereocenters. The van der Waals surface area contributed by atoms with E-state index >= 15 is 0 Å². The van der Waals surface area contributed by atoms with Crippen LogP contribution in [0.5, 0.6) is 0 Å². The van der Waals surface area contributed by atoms with Crippen molar-refractivity contribution in [3.8, 4) is 5.82 Å². The van der Waals surface area contributed by atoms with Crippen LogP contribution in [0.3, 0.4) is 0 Å². The lowest BCUT2D eigenvalue weighted by Gasteiger charge is -2.12. The summed E-state index contributed by atoms with van der Waals surface area (Å²) in [5, 5.41) is 0. The molecule has 0 saturated heterocycles. The van der Waals surface area contributed by atoms with Crippen molar-refractivity contribution in [2.24, 2.45) is 5.73 Å². The van der Waals surface area contributed by atoms with E-state index in [1.807, 2.05) is 23.8 Å². The van der Waals surface area contributed by atoms with Crippen molar-refractivity contribution in [2.45, 2.75) is 26.7 Å². The number of aromatic nitrogens is 3. The molecule has 0 aliphatic heterocycles. The monoisotopic (exact) mass is 260 g/mol. The molecule has 0 amide bonds. The summed E-state index contributed by atoms with van der Waals surface area (Å²) in [6.45, 7) is 4.10. The van der Waals surface area contributed by atoms with Crippen LogP contribution < -0.4 is 5.73 Å². The number of rotatable bonds is 4. The summed E-state index contributed by atoms with van der Waals surface area (Å²) < 4.78 is 1.96. The van der Waals surface area contributed by atoms with Gasteiger partial charge < -0.3 is 5.73 Å². The topological polar surface area (TPSA) is 56.7 Å². The van der Waals surface area contributed by atoms with Crippen molar-refractivity contribution in [1.82, 2.24) is 14.5 Å². The zero-order chi connectivity index (χ0) is 13.1. The zero-order valence-corrected chi connectivity index (χ0v) is 11.4. The molecular weight excluding hydrogens is 244 g/mol. The molecular formula is C13H16N4S. The summed E-state index contributed by atoms with van der Waals surface area (Å²) in [4.78, 5) is 9.12. The van der Waals surface area contributed by atoms with Gasteiger partial charge in [-0.1, -0.05) is 19.1 Å². The zero-order valence-electron chi connectivity index (χ0n) is 10.6. The van der Waals surface area contributed by atoms with Gasteiger partial charge in [-0.15, -0.1) is 0 Å². The van der Waals surface area contributed by atoms with Gasteiger partial charge in [0, 0.05) is 25.0 Å². The van der Waals surface area contributed by atoms with Crippen molar-refractivity contribution in [3.05, 3.63) is 41.6 Å². The third-order valence-electron chi connectivity index (χ3n) is 2.80. The Morgan fingerprint density at radius 2 is 2.17 bits per heavy atom. The summed E-state index contributed by atoms with van der Waals surface area (Å²) in [6.07, 6.45) is 7.37. The highest BCUT2D eigenvalue weighted by molar-refractivity contribution is 7.80. The van der Waals surface area contributed by atoms with E-state index in [0.29, 0.717) is 4.99 Å². The highest BCUT2D eigenvalue weighted by atomic mass is 32.1. The molecule has 2 N–H and O–H groups in total. The second-order valence-electron chi connectivity index (χ2n) is 4.15. The minimum atomic E-state index is 0.367. The number of imidazole rings is 1. The van der Waals surface area contributed by atoms with Gasteiger partial charge in [0.05, 0.1) is 5.56 Å². The standard InChI is InChI=1S/C13H16N4S/c1-3-4-10-15-7-8-17(10)13-11(12(14)18)9(2)5-6-16-13/h5-8H,3-4H2,1-2H3,(H2,14,18). The predicted octanol–water partition coefficient (Wildman–Crippen LogP) is 2.16. The summed E-state index contributed by atoms with van der Waals surface area (Å²) in [5.41, 5.74) is 7.66. The van der Waals surface area contributed by atoms with Crippen LogP contribution >= 0.6 is 12.2 Å². The maximum Gasteiger partial charge on any atom is 0.148 e. The van der Waals surface area contributed by atoms with Gasteiger partial charge in [-0.25, -0.2) is 9.97 Å². The third-order valence-corrected chi connectivity index (χ3v) is 3.01. The molecule has 2 aromatic heterocycles. The minimum absolute atomic E-state index is 0.367. The minimum Gasteiger partial charge on any atom is -0.389 e. The van der Waals surface area contributed by atoms with Crippen LogP contribution in [0, 0.1) is 6.92 Å². The van der Waals surface area contributed by atoms with Gasteiger partial charge in [0.25, 0.3) is 0 Å². The molecule has 0 fully saturated rings. The molecule has 0 spiro atoms. The molecule has 0 aliphatic carbocycles. The molecule has 4 nitrogen and oxygen atoms in total. The largest absolute Gasteiger partial charge is 0.389 e. The molecule has 0 atom stereocenters. The van der Waals surface area contributed by atoms with E-state index < -0.39 is 0 Å². The van der Waals surface area contributed by atoms with E-state index in [4.69, 9.17) is 18.0 Å². The Hall–Kier alpha value is -1.75. The Balaban J connectivity index is 2.60. The van der Waals surface area contributed by atoms with Crippen LogP contribution in [0.2, 0.25) is 0 Å². The van der Waals surface area contributed by atoms with Crippen LogP contribution in [0.4, 0.5) is 0 Å². The van der Waals surface area contributed by atoms with Gasteiger partial charge in [0.2, 0.25) is 0 Å². The number of pyridine rings is 1. The maximum atomic E-state index is 5.80. The first-order valence-corrected chi connectivity index (χ1v) is 6.34. The fourth-order valence-electron chi connectivity index (χ4n) is 1.97. The Morgan fingerprint density at radius 3 is 2.83 bits per heavy atom. The number of nitrogens with zero attached hydrogens (tertiary/aromatic N) is 3. The first-order valence-electron chi connectivity index (χ1n) is 5.93. The summed E-state index contributed by atoms with van der Waals surface area (Å²) in [5.74, 6) is 1.75. The van der Waals surface area contributed by atoms with Gasteiger partial charge in [-0.2, -0.15) is 0 Å².